The van der Waals surface area contributed by atoms with E-state index in [2.05, 4.69) is 4.98 Å². The molecule has 3 nitrogen and oxygen atoms in total. The van der Waals surface area contributed by atoms with Crippen LogP contribution in [0.4, 0.5) is 13.2 Å². The van der Waals surface area contributed by atoms with Gasteiger partial charge in [0.15, 0.2) is 0 Å². The second-order valence-corrected chi connectivity index (χ2v) is 4.45. The fourth-order valence-corrected chi connectivity index (χ4v) is 1.61. The first kappa shape index (κ1) is 15.8. The molecule has 0 fully saturated rings. The maximum Gasteiger partial charge on any atom is 0.406 e. The number of hydrogen-bond acceptors (Lipinski definition) is 2. The number of carbonyl (C=O) groups excluding carboxylic acids is 1. The molecule has 106 valence electrons. The number of aromatic nitrogens is 1. The SMILES string of the molecule is CCCCN(CC(F)(F)F)C(=O)c1ccc(Cl)nc1. The van der Waals surface area contributed by atoms with Gasteiger partial charge in [0.25, 0.3) is 5.91 Å². The van der Waals surface area contributed by atoms with Crippen LogP contribution in [-0.2, 0) is 0 Å². The zero-order chi connectivity index (χ0) is 14.5. The van der Waals surface area contributed by atoms with Crippen molar-refractivity contribution in [1.29, 1.82) is 0 Å². The molecule has 0 N–H and O–H groups in total. The number of amides is 1. The van der Waals surface area contributed by atoms with Crippen molar-refractivity contribution in [2.75, 3.05) is 13.1 Å². The Morgan fingerprint density at radius 2 is 2.11 bits per heavy atom. The van der Waals surface area contributed by atoms with Crippen molar-refractivity contribution in [2.24, 2.45) is 0 Å². The molecule has 1 rings (SSSR count). The predicted molar refractivity (Wildman–Crippen MR) is 66.1 cm³/mol. The highest BCUT2D eigenvalue weighted by atomic mass is 35.5. The summed E-state index contributed by atoms with van der Waals surface area (Å²) in [5.41, 5.74) is 0.102. The summed E-state index contributed by atoms with van der Waals surface area (Å²) in [6.45, 7) is 0.659. The van der Waals surface area contributed by atoms with Gasteiger partial charge < -0.3 is 4.90 Å². The molecular weight excluding hydrogens is 281 g/mol. The predicted octanol–water partition coefficient (Wildman–Crippen LogP) is 3.54. The number of halogens is 4. The molecule has 0 bridgehead atoms. The third-order valence-electron chi connectivity index (χ3n) is 2.41. The Kier molecular flexibility index (Phi) is 5.60. The minimum atomic E-state index is -4.41. The molecule has 0 aliphatic carbocycles. The summed E-state index contributed by atoms with van der Waals surface area (Å²) in [5.74, 6) is -0.685. The zero-order valence-electron chi connectivity index (χ0n) is 10.4. The van der Waals surface area contributed by atoms with Gasteiger partial charge in [-0.25, -0.2) is 4.98 Å². The van der Waals surface area contributed by atoms with Crippen LogP contribution in [0.1, 0.15) is 30.1 Å². The molecule has 1 amide bonds. The third-order valence-corrected chi connectivity index (χ3v) is 2.64. The maximum absolute atomic E-state index is 12.4. The van der Waals surface area contributed by atoms with Crippen LogP contribution in [0, 0.1) is 0 Å². The molecule has 0 atom stereocenters. The molecule has 0 aliphatic heterocycles. The van der Waals surface area contributed by atoms with Crippen LogP contribution in [-0.4, -0.2) is 35.1 Å². The molecule has 0 saturated carbocycles. The van der Waals surface area contributed by atoms with Crippen molar-refractivity contribution in [3.05, 3.63) is 29.0 Å². The molecule has 1 heterocycles. The highest BCUT2D eigenvalue weighted by molar-refractivity contribution is 6.29. The fourth-order valence-electron chi connectivity index (χ4n) is 1.50. The summed E-state index contributed by atoms with van der Waals surface area (Å²) >= 11 is 5.57. The first-order valence-corrected chi connectivity index (χ1v) is 6.19. The number of unbranched alkanes of at least 4 members (excludes halogenated alkanes) is 1. The number of nitrogens with zero attached hydrogens (tertiary/aromatic N) is 2. The first-order valence-electron chi connectivity index (χ1n) is 5.81. The van der Waals surface area contributed by atoms with Crippen molar-refractivity contribution >= 4 is 17.5 Å². The number of carbonyl (C=O) groups is 1. The Bertz CT molecular complexity index is 420. The highest BCUT2D eigenvalue weighted by Gasteiger charge is 2.33. The molecule has 7 heteroatoms. The van der Waals surface area contributed by atoms with E-state index in [0.717, 1.165) is 4.90 Å². The summed E-state index contributed by atoms with van der Waals surface area (Å²) in [4.78, 5) is 16.5. The molecule has 0 radical (unpaired) electrons. The van der Waals surface area contributed by atoms with E-state index in [1.165, 1.54) is 18.3 Å². The topological polar surface area (TPSA) is 33.2 Å². The summed E-state index contributed by atoms with van der Waals surface area (Å²) in [6, 6.07) is 2.74. The molecule has 0 aliphatic rings. The largest absolute Gasteiger partial charge is 0.406 e. The summed E-state index contributed by atoms with van der Waals surface area (Å²) in [6.07, 6.45) is -2.01. The number of rotatable bonds is 5. The fraction of sp³-hybridized carbons (Fsp3) is 0.500. The molecular formula is C12H14ClF3N2O. The van der Waals surface area contributed by atoms with Gasteiger partial charge in [-0.1, -0.05) is 24.9 Å². The van der Waals surface area contributed by atoms with E-state index in [1.54, 1.807) is 0 Å². The minimum Gasteiger partial charge on any atom is -0.329 e. The van der Waals surface area contributed by atoms with Gasteiger partial charge in [-0.15, -0.1) is 0 Å². The van der Waals surface area contributed by atoms with Gasteiger partial charge in [-0.05, 0) is 18.6 Å². The van der Waals surface area contributed by atoms with Crippen LogP contribution >= 0.6 is 11.6 Å². The average molecular weight is 295 g/mol. The second kappa shape index (κ2) is 6.75. The van der Waals surface area contributed by atoms with Crippen LogP contribution in [0.25, 0.3) is 0 Å². The lowest BCUT2D eigenvalue weighted by Gasteiger charge is -2.23. The first-order chi connectivity index (χ1) is 8.83. The van der Waals surface area contributed by atoms with E-state index < -0.39 is 18.6 Å². The lowest BCUT2D eigenvalue weighted by Crippen LogP contribution is -2.39. The van der Waals surface area contributed by atoms with E-state index in [-0.39, 0.29) is 17.3 Å². The lowest BCUT2D eigenvalue weighted by molar-refractivity contribution is -0.140. The van der Waals surface area contributed by atoms with Gasteiger partial charge in [0.05, 0.1) is 5.56 Å². The Hall–Kier alpha value is -1.30. The Balaban J connectivity index is 2.83. The second-order valence-electron chi connectivity index (χ2n) is 4.07. The summed E-state index contributed by atoms with van der Waals surface area (Å²) in [5, 5.41) is 0.187. The van der Waals surface area contributed by atoms with Gasteiger partial charge in [-0.3, -0.25) is 4.79 Å². The molecule has 0 spiro atoms. The highest BCUT2D eigenvalue weighted by Crippen LogP contribution is 2.19. The molecule has 19 heavy (non-hydrogen) atoms. The van der Waals surface area contributed by atoms with Crippen LogP contribution in [0.15, 0.2) is 18.3 Å². The Labute approximate surface area is 114 Å². The quantitative estimate of drug-likeness (QED) is 0.778. The molecule has 0 saturated heterocycles. The number of alkyl halides is 3. The molecule has 0 unspecified atom stereocenters. The van der Waals surface area contributed by atoms with Crippen LogP contribution < -0.4 is 0 Å². The minimum absolute atomic E-state index is 0.0669. The van der Waals surface area contributed by atoms with Crippen molar-refractivity contribution in [2.45, 2.75) is 25.9 Å². The van der Waals surface area contributed by atoms with Crippen molar-refractivity contribution in [3.63, 3.8) is 0 Å². The molecule has 0 aromatic carbocycles. The molecule has 1 aromatic heterocycles. The Morgan fingerprint density at radius 3 is 2.58 bits per heavy atom. The van der Waals surface area contributed by atoms with Gasteiger partial charge in [0, 0.05) is 12.7 Å². The van der Waals surface area contributed by atoms with Crippen LogP contribution in [0.2, 0.25) is 5.15 Å². The number of pyridine rings is 1. The monoisotopic (exact) mass is 294 g/mol. The smallest absolute Gasteiger partial charge is 0.329 e. The van der Waals surface area contributed by atoms with E-state index in [0.29, 0.717) is 12.8 Å². The van der Waals surface area contributed by atoms with Crippen molar-refractivity contribution in [3.8, 4) is 0 Å². The van der Waals surface area contributed by atoms with E-state index >= 15 is 0 Å². The number of hydrogen-bond donors (Lipinski definition) is 0. The maximum atomic E-state index is 12.4. The van der Waals surface area contributed by atoms with Gasteiger partial charge in [0.1, 0.15) is 11.7 Å². The van der Waals surface area contributed by atoms with Crippen molar-refractivity contribution in [1.82, 2.24) is 9.88 Å². The van der Waals surface area contributed by atoms with Gasteiger partial charge >= 0.3 is 6.18 Å². The van der Waals surface area contributed by atoms with Gasteiger partial charge in [-0.2, -0.15) is 13.2 Å². The van der Waals surface area contributed by atoms with E-state index in [1.807, 2.05) is 6.92 Å². The zero-order valence-corrected chi connectivity index (χ0v) is 11.1. The van der Waals surface area contributed by atoms with Crippen molar-refractivity contribution < 1.29 is 18.0 Å². The summed E-state index contributed by atoms with van der Waals surface area (Å²) < 4.78 is 37.3. The standard InChI is InChI=1S/C12H14ClF3N2O/c1-2-3-6-18(8-12(14,15)16)11(19)9-4-5-10(13)17-7-9/h4-5,7H,2-3,6,8H2,1H3. The summed E-state index contributed by atoms with van der Waals surface area (Å²) in [7, 11) is 0. The lowest BCUT2D eigenvalue weighted by atomic mass is 10.2. The third kappa shape index (κ3) is 5.46. The molecule has 1 aromatic rings. The van der Waals surface area contributed by atoms with Crippen LogP contribution in [0.3, 0.4) is 0 Å². The normalized spacial score (nSPS) is 11.4. The van der Waals surface area contributed by atoms with E-state index in [9.17, 15) is 18.0 Å². The Morgan fingerprint density at radius 1 is 1.42 bits per heavy atom. The average Bonchev–Trinajstić information content (AvgIpc) is 2.33. The van der Waals surface area contributed by atoms with E-state index in [4.69, 9.17) is 11.6 Å². The van der Waals surface area contributed by atoms with Gasteiger partial charge in [0.2, 0.25) is 0 Å². The van der Waals surface area contributed by atoms with Crippen LogP contribution in [0.5, 0.6) is 0 Å².